The zero-order valence-corrected chi connectivity index (χ0v) is 16.6. The number of aromatic nitrogens is 3. The highest BCUT2D eigenvalue weighted by molar-refractivity contribution is 5.88. The van der Waals surface area contributed by atoms with Gasteiger partial charge in [0.1, 0.15) is 17.9 Å². The highest BCUT2D eigenvalue weighted by Gasteiger charge is 2.45. The van der Waals surface area contributed by atoms with E-state index in [-0.39, 0.29) is 11.2 Å². The van der Waals surface area contributed by atoms with Gasteiger partial charge in [0.15, 0.2) is 11.5 Å². The van der Waals surface area contributed by atoms with Crippen molar-refractivity contribution in [1.82, 2.24) is 14.8 Å². The van der Waals surface area contributed by atoms with E-state index in [2.05, 4.69) is 35.3 Å². The van der Waals surface area contributed by atoms with E-state index in [0.29, 0.717) is 29.6 Å². The fourth-order valence-electron chi connectivity index (χ4n) is 4.16. The molecule has 0 saturated carbocycles. The minimum atomic E-state index is -0.408. The lowest BCUT2D eigenvalue weighted by Gasteiger charge is -2.40. The molecular formula is C20H24N4O4. The first kappa shape index (κ1) is 18.3. The highest BCUT2D eigenvalue weighted by atomic mass is 16.5. The Balaban J connectivity index is 1.95. The second kappa shape index (κ2) is 6.54. The number of nitrogens with one attached hydrogen (secondary N) is 1. The first-order valence-corrected chi connectivity index (χ1v) is 9.10. The number of fused-ring (bicyclic) bond motifs is 2. The van der Waals surface area contributed by atoms with Gasteiger partial charge in [-0.25, -0.2) is 4.68 Å². The molecule has 28 heavy (non-hydrogen) atoms. The van der Waals surface area contributed by atoms with Crippen molar-refractivity contribution in [3.8, 4) is 17.2 Å². The van der Waals surface area contributed by atoms with Crippen molar-refractivity contribution < 1.29 is 19.0 Å². The average molecular weight is 384 g/mol. The van der Waals surface area contributed by atoms with E-state index >= 15 is 0 Å². The number of methoxy groups -OCH3 is 3. The zero-order valence-electron chi connectivity index (χ0n) is 16.6. The summed E-state index contributed by atoms with van der Waals surface area (Å²) in [6.45, 7) is 4.11. The Morgan fingerprint density at radius 2 is 1.79 bits per heavy atom. The van der Waals surface area contributed by atoms with Crippen LogP contribution in [-0.2, 0) is 4.79 Å². The largest absolute Gasteiger partial charge is 0.496 e. The molecule has 1 N–H and O–H groups in total. The predicted molar refractivity (Wildman–Crippen MR) is 103 cm³/mol. The van der Waals surface area contributed by atoms with Crippen LogP contribution in [0.25, 0.3) is 0 Å². The van der Waals surface area contributed by atoms with Gasteiger partial charge in [0, 0.05) is 23.7 Å². The summed E-state index contributed by atoms with van der Waals surface area (Å²) in [4.78, 5) is 17.5. The Labute approximate surface area is 163 Å². The van der Waals surface area contributed by atoms with Crippen molar-refractivity contribution in [2.75, 3.05) is 26.6 Å². The number of allylic oxidation sites excluding steroid dienone is 2. The first-order valence-electron chi connectivity index (χ1n) is 9.10. The van der Waals surface area contributed by atoms with Crippen molar-refractivity contribution in [2.24, 2.45) is 11.3 Å². The Morgan fingerprint density at radius 1 is 1.11 bits per heavy atom. The van der Waals surface area contributed by atoms with Crippen molar-refractivity contribution in [1.29, 1.82) is 0 Å². The van der Waals surface area contributed by atoms with Crippen LogP contribution in [0.3, 0.4) is 0 Å². The molecule has 2 atom stereocenters. The average Bonchev–Trinajstić information content (AvgIpc) is 3.12. The normalized spacial score (nSPS) is 22.5. The molecule has 8 nitrogen and oxygen atoms in total. The number of benzene rings is 1. The highest BCUT2D eigenvalue weighted by Crippen LogP contribution is 2.48. The molecule has 1 aromatic carbocycles. The molecule has 0 fully saturated rings. The molecule has 0 bridgehead atoms. The summed E-state index contributed by atoms with van der Waals surface area (Å²) in [5.74, 6) is 2.06. The molecule has 1 aliphatic carbocycles. The molecule has 148 valence electrons. The number of ketones is 1. The third-order valence-corrected chi connectivity index (χ3v) is 5.32. The minimum Gasteiger partial charge on any atom is -0.496 e. The van der Waals surface area contributed by atoms with Crippen LogP contribution in [0.1, 0.15) is 31.9 Å². The SMILES string of the molecule is COc1cc(OC)c(C2C3C(=O)CC(C)(C)C=C3Nc3ncnn32)cc1OC. The lowest BCUT2D eigenvalue weighted by Crippen LogP contribution is -2.42. The van der Waals surface area contributed by atoms with Crippen LogP contribution in [-0.4, -0.2) is 41.9 Å². The lowest BCUT2D eigenvalue weighted by molar-refractivity contribution is -0.125. The van der Waals surface area contributed by atoms with Gasteiger partial charge in [-0.05, 0) is 11.5 Å². The van der Waals surface area contributed by atoms with Crippen LogP contribution in [0, 0.1) is 11.3 Å². The van der Waals surface area contributed by atoms with Crippen molar-refractivity contribution >= 4 is 11.7 Å². The number of Topliss-reactive ketones (excluding diaryl/α,β-unsaturated/α-hetero) is 1. The third-order valence-electron chi connectivity index (χ3n) is 5.32. The Kier molecular flexibility index (Phi) is 4.28. The van der Waals surface area contributed by atoms with Crippen molar-refractivity contribution in [3.63, 3.8) is 0 Å². The molecule has 0 radical (unpaired) electrons. The molecule has 2 aliphatic rings. The van der Waals surface area contributed by atoms with Gasteiger partial charge in [-0.2, -0.15) is 10.1 Å². The number of hydrogen-bond acceptors (Lipinski definition) is 7. The van der Waals surface area contributed by atoms with Crippen molar-refractivity contribution in [2.45, 2.75) is 26.3 Å². The van der Waals surface area contributed by atoms with Crippen LogP contribution >= 0.6 is 0 Å². The van der Waals surface area contributed by atoms with Crippen molar-refractivity contribution in [3.05, 3.63) is 35.8 Å². The van der Waals surface area contributed by atoms with E-state index in [1.165, 1.54) is 6.33 Å². The molecule has 1 aromatic heterocycles. The lowest BCUT2D eigenvalue weighted by atomic mass is 9.72. The van der Waals surface area contributed by atoms with Crippen LogP contribution in [0.2, 0.25) is 0 Å². The first-order chi connectivity index (χ1) is 13.4. The molecule has 2 heterocycles. The van der Waals surface area contributed by atoms with E-state index in [1.807, 2.05) is 6.07 Å². The quantitative estimate of drug-likeness (QED) is 0.867. The van der Waals surface area contributed by atoms with E-state index < -0.39 is 12.0 Å². The minimum absolute atomic E-state index is 0.151. The Hall–Kier alpha value is -3.03. The Morgan fingerprint density at radius 3 is 2.46 bits per heavy atom. The second-order valence-corrected chi connectivity index (χ2v) is 7.76. The predicted octanol–water partition coefficient (Wildman–Crippen LogP) is 2.82. The fraction of sp³-hybridized carbons (Fsp3) is 0.450. The van der Waals surface area contributed by atoms with Gasteiger partial charge in [-0.3, -0.25) is 4.79 Å². The van der Waals surface area contributed by atoms with Crippen LogP contribution in [0.4, 0.5) is 5.95 Å². The number of nitrogens with zero attached hydrogens (tertiary/aromatic N) is 3. The second-order valence-electron chi connectivity index (χ2n) is 7.76. The molecule has 4 rings (SSSR count). The summed E-state index contributed by atoms with van der Waals surface area (Å²) in [7, 11) is 4.75. The molecule has 1 aliphatic heterocycles. The summed E-state index contributed by atoms with van der Waals surface area (Å²) < 4.78 is 18.3. The number of carbonyl (C=O) groups is 1. The van der Waals surface area contributed by atoms with E-state index in [0.717, 1.165) is 11.3 Å². The molecule has 0 saturated heterocycles. The number of carbonyl (C=O) groups excluding carboxylic acids is 1. The van der Waals surface area contributed by atoms with Gasteiger partial charge in [0.2, 0.25) is 5.95 Å². The molecule has 0 spiro atoms. The van der Waals surface area contributed by atoms with Gasteiger partial charge in [-0.1, -0.05) is 19.9 Å². The van der Waals surface area contributed by atoms with Gasteiger partial charge < -0.3 is 19.5 Å². The monoisotopic (exact) mass is 384 g/mol. The molecule has 2 aromatic rings. The number of hydrogen-bond donors (Lipinski definition) is 1. The maximum Gasteiger partial charge on any atom is 0.226 e. The molecule has 2 unspecified atom stereocenters. The van der Waals surface area contributed by atoms with E-state index in [4.69, 9.17) is 14.2 Å². The number of anilines is 1. The van der Waals surface area contributed by atoms with Gasteiger partial charge >= 0.3 is 0 Å². The van der Waals surface area contributed by atoms with E-state index in [9.17, 15) is 4.79 Å². The summed E-state index contributed by atoms with van der Waals surface area (Å²) in [6, 6.07) is 3.22. The number of rotatable bonds is 4. The smallest absolute Gasteiger partial charge is 0.226 e. The van der Waals surface area contributed by atoms with E-state index in [1.54, 1.807) is 32.1 Å². The standard InChI is InChI=1S/C20H24N4O4/c1-20(2)8-12-17(13(25)9-20)18(24-19(23-12)21-10-22-24)11-6-15(27-4)16(28-5)7-14(11)26-3/h6-8,10,17-18H,9H2,1-5H3,(H,21,22,23). The summed E-state index contributed by atoms with van der Waals surface area (Å²) in [5.41, 5.74) is 1.42. The van der Waals surface area contributed by atoms with Crippen LogP contribution in [0.15, 0.2) is 30.2 Å². The van der Waals surface area contributed by atoms with Crippen LogP contribution in [0.5, 0.6) is 17.2 Å². The fourth-order valence-corrected chi connectivity index (χ4v) is 4.16. The number of ether oxygens (including phenoxy) is 3. The molecule has 0 amide bonds. The Bertz CT molecular complexity index is 963. The summed E-state index contributed by atoms with van der Waals surface area (Å²) in [6.07, 6.45) is 4.06. The maximum absolute atomic E-state index is 13.2. The van der Waals surface area contributed by atoms with Gasteiger partial charge in [-0.15, -0.1) is 0 Å². The van der Waals surface area contributed by atoms with Gasteiger partial charge in [0.05, 0.1) is 33.3 Å². The summed E-state index contributed by atoms with van der Waals surface area (Å²) >= 11 is 0. The maximum atomic E-state index is 13.2. The third kappa shape index (κ3) is 2.80. The topological polar surface area (TPSA) is 87.5 Å². The zero-order chi connectivity index (χ0) is 20.1. The summed E-state index contributed by atoms with van der Waals surface area (Å²) in [5, 5.41) is 7.67. The van der Waals surface area contributed by atoms with Gasteiger partial charge in [0.25, 0.3) is 0 Å². The van der Waals surface area contributed by atoms with Crippen LogP contribution < -0.4 is 19.5 Å². The molecular weight excluding hydrogens is 360 g/mol. The molecule has 8 heteroatoms.